The molecule has 1 aromatic carbocycles. The summed E-state index contributed by atoms with van der Waals surface area (Å²) in [5.74, 6) is 0. The second kappa shape index (κ2) is 6.97. The number of aromatic amines is 1. The molecule has 0 bridgehead atoms. The van der Waals surface area contributed by atoms with Gasteiger partial charge in [-0.2, -0.15) is 9.40 Å². The van der Waals surface area contributed by atoms with Gasteiger partial charge in [-0.05, 0) is 5.56 Å². The number of benzene rings is 1. The van der Waals surface area contributed by atoms with Crippen molar-refractivity contribution in [2.24, 2.45) is 0 Å². The molecule has 1 aliphatic heterocycles. The molecule has 0 unspecified atom stereocenters. The topological polar surface area (TPSA) is 111 Å². The van der Waals surface area contributed by atoms with E-state index in [1.165, 1.54) is 4.31 Å². The van der Waals surface area contributed by atoms with E-state index in [4.69, 9.17) is 0 Å². The molecule has 2 aromatic rings. The van der Waals surface area contributed by atoms with E-state index in [0.717, 1.165) is 11.9 Å². The summed E-state index contributed by atoms with van der Waals surface area (Å²) in [7, 11) is -3.68. The largest absolute Gasteiger partial charge is 0.334 e. The molecular formula is C14H18N6O3S. The molecule has 0 atom stereocenters. The zero-order chi connectivity index (χ0) is 17.0. The van der Waals surface area contributed by atoms with E-state index >= 15 is 0 Å². The number of nitrogens with zero attached hydrogens (tertiary/aromatic N) is 4. The number of carbonyl (C=O) groups is 1. The van der Waals surface area contributed by atoms with Gasteiger partial charge in [0, 0.05) is 32.7 Å². The van der Waals surface area contributed by atoms with Crippen LogP contribution in [0.15, 0.2) is 41.8 Å². The van der Waals surface area contributed by atoms with Gasteiger partial charge >= 0.3 is 6.03 Å². The first-order valence-electron chi connectivity index (χ1n) is 7.49. The van der Waals surface area contributed by atoms with Gasteiger partial charge in [-0.1, -0.05) is 30.3 Å². The summed E-state index contributed by atoms with van der Waals surface area (Å²) in [4.78, 5) is 17.5. The number of aromatic nitrogens is 3. The number of sulfonamides is 1. The summed E-state index contributed by atoms with van der Waals surface area (Å²) >= 11 is 0. The van der Waals surface area contributed by atoms with Crippen molar-refractivity contribution < 1.29 is 13.2 Å². The molecule has 2 heterocycles. The van der Waals surface area contributed by atoms with Gasteiger partial charge in [-0.15, -0.1) is 0 Å². The first-order valence-corrected chi connectivity index (χ1v) is 8.93. The monoisotopic (exact) mass is 350 g/mol. The summed E-state index contributed by atoms with van der Waals surface area (Å²) in [6.45, 7) is 1.54. The van der Waals surface area contributed by atoms with Crippen molar-refractivity contribution in [3.05, 3.63) is 42.2 Å². The number of amides is 2. The minimum Gasteiger partial charge on any atom is -0.334 e. The van der Waals surface area contributed by atoms with E-state index in [1.54, 1.807) is 4.90 Å². The molecule has 1 aromatic heterocycles. The predicted octanol–water partition coefficient (Wildman–Crippen LogP) is 0.0208. The standard InChI is InChI=1S/C14H18N6O3S/c21-14(15-10-12-4-2-1-3-5-12)19-6-8-20(9-7-19)24(22,23)13-16-11-17-18-13/h1-5,11H,6-10H2,(H,15,21)(H,16,17,18). The van der Waals surface area contributed by atoms with Crippen LogP contribution in [0.4, 0.5) is 4.79 Å². The van der Waals surface area contributed by atoms with Crippen molar-refractivity contribution in [2.45, 2.75) is 11.7 Å². The van der Waals surface area contributed by atoms with E-state index in [2.05, 4.69) is 20.5 Å². The Hall–Kier alpha value is -2.46. The maximum Gasteiger partial charge on any atom is 0.317 e. The minimum atomic E-state index is -3.68. The van der Waals surface area contributed by atoms with Crippen LogP contribution < -0.4 is 5.32 Å². The lowest BCUT2D eigenvalue weighted by molar-refractivity contribution is 0.171. The number of piperazine rings is 1. The van der Waals surface area contributed by atoms with Gasteiger partial charge in [0.1, 0.15) is 6.33 Å². The Morgan fingerprint density at radius 2 is 1.88 bits per heavy atom. The van der Waals surface area contributed by atoms with Crippen LogP contribution in [-0.4, -0.2) is 65.0 Å². The van der Waals surface area contributed by atoms with Gasteiger partial charge in [-0.25, -0.2) is 23.3 Å². The molecule has 1 fully saturated rings. The minimum absolute atomic E-state index is 0.176. The molecule has 0 saturated carbocycles. The van der Waals surface area contributed by atoms with E-state index < -0.39 is 10.0 Å². The Kier molecular flexibility index (Phi) is 4.76. The number of nitrogens with one attached hydrogen (secondary N) is 2. The fraction of sp³-hybridized carbons (Fsp3) is 0.357. The van der Waals surface area contributed by atoms with Crippen molar-refractivity contribution in [3.8, 4) is 0 Å². The fourth-order valence-electron chi connectivity index (χ4n) is 2.46. The van der Waals surface area contributed by atoms with E-state index in [0.29, 0.717) is 19.6 Å². The van der Waals surface area contributed by atoms with Crippen LogP contribution in [-0.2, 0) is 16.6 Å². The number of urea groups is 1. The first kappa shape index (κ1) is 16.4. The summed E-state index contributed by atoms with van der Waals surface area (Å²) in [5, 5.41) is 8.59. The lowest BCUT2D eigenvalue weighted by Gasteiger charge is -2.33. The van der Waals surface area contributed by atoms with Crippen molar-refractivity contribution >= 4 is 16.1 Å². The third-order valence-corrected chi connectivity index (χ3v) is 5.52. The normalized spacial score (nSPS) is 16.1. The first-order chi connectivity index (χ1) is 11.6. The highest BCUT2D eigenvalue weighted by Gasteiger charge is 2.31. The highest BCUT2D eigenvalue weighted by molar-refractivity contribution is 7.88. The molecular weight excluding hydrogens is 332 g/mol. The Morgan fingerprint density at radius 3 is 2.50 bits per heavy atom. The molecule has 3 rings (SSSR count). The summed E-state index contributed by atoms with van der Waals surface area (Å²) in [6.07, 6.45) is 1.15. The van der Waals surface area contributed by atoms with Crippen LogP contribution in [0.5, 0.6) is 0 Å². The Bertz CT molecular complexity index is 770. The van der Waals surface area contributed by atoms with Gasteiger partial charge in [0.2, 0.25) is 0 Å². The zero-order valence-electron chi connectivity index (χ0n) is 12.9. The van der Waals surface area contributed by atoms with Crippen molar-refractivity contribution in [2.75, 3.05) is 26.2 Å². The second-order valence-electron chi connectivity index (χ2n) is 5.33. The Balaban J connectivity index is 1.52. The van der Waals surface area contributed by atoms with Crippen LogP contribution in [0.3, 0.4) is 0 Å². The third kappa shape index (κ3) is 3.54. The van der Waals surface area contributed by atoms with E-state index in [1.807, 2.05) is 30.3 Å². The second-order valence-corrected chi connectivity index (χ2v) is 7.18. The van der Waals surface area contributed by atoms with Gasteiger partial charge in [-0.3, -0.25) is 0 Å². The molecule has 9 nitrogen and oxygen atoms in total. The van der Waals surface area contributed by atoms with Crippen LogP contribution in [0.2, 0.25) is 0 Å². The molecule has 2 amide bonds. The Morgan fingerprint density at radius 1 is 1.17 bits per heavy atom. The maximum absolute atomic E-state index is 12.3. The van der Waals surface area contributed by atoms with Crippen LogP contribution in [0.1, 0.15) is 5.56 Å². The number of hydrogen-bond donors (Lipinski definition) is 2. The number of carbonyl (C=O) groups excluding carboxylic acids is 1. The fourth-order valence-corrected chi connectivity index (χ4v) is 3.69. The maximum atomic E-state index is 12.3. The Labute approximate surface area is 139 Å². The van der Waals surface area contributed by atoms with Crippen LogP contribution in [0.25, 0.3) is 0 Å². The number of hydrogen-bond acceptors (Lipinski definition) is 5. The lowest BCUT2D eigenvalue weighted by atomic mass is 10.2. The van der Waals surface area contributed by atoms with E-state index in [9.17, 15) is 13.2 Å². The summed E-state index contributed by atoms with van der Waals surface area (Å²) in [6, 6.07) is 9.41. The average Bonchev–Trinajstić information content (AvgIpc) is 3.16. The van der Waals surface area contributed by atoms with Gasteiger partial charge in [0.05, 0.1) is 0 Å². The highest BCUT2D eigenvalue weighted by Crippen LogP contribution is 2.13. The zero-order valence-corrected chi connectivity index (χ0v) is 13.7. The molecule has 0 spiro atoms. The molecule has 128 valence electrons. The molecule has 0 radical (unpaired) electrons. The van der Waals surface area contributed by atoms with Gasteiger partial charge in [0.25, 0.3) is 15.2 Å². The molecule has 10 heteroatoms. The SMILES string of the molecule is O=C(NCc1ccccc1)N1CCN(S(=O)(=O)c2ncn[nH]2)CC1. The highest BCUT2D eigenvalue weighted by atomic mass is 32.2. The van der Waals surface area contributed by atoms with Gasteiger partial charge in [0.15, 0.2) is 0 Å². The number of rotatable bonds is 4. The van der Waals surface area contributed by atoms with Crippen molar-refractivity contribution in [1.82, 2.24) is 29.7 Å². The summed E-state index contributed by atoms with van der Waals surface area (Å²) < 4.78 is 25.9. The number of H-pyrrole nitrogens is 1. The molecule has 1 aliphatic rings. The van der Waals surface area contributed by atoms with E-state index in [-0.39, 0.29) is 24.3 Å². The summed E-state index contributed by atoms with van der Waals surface area (Å²) in [5.41, 5.74) is 1.01. The average molecular weight is 350 g/mol. The predicted molar refractivity (Wildman–Crippen MR) is 85.4 cm³/mol. The molecule has 1 saturated heterocycles. The molecule has 2 N–H and O–H groups in total. The lowest BCUT2D eigenvalue weighted by Crippen LogP contribution is -2.53. The third-order valence-electron chi connectivity index (χ3n) is 3.79. The van der Waals surface area contributed by atoms with Crippen molar-refractivity contribution in [1.29, 1.82) is 0 Å². The quantitative estimate of drug-likeness (QED) is 0.807. The van der Waals surface area contributed by atoms with Gasteiger partial charge < -0.3 is 10.2 Å². The van der Waals surface area contributed by atoms with Crippen molar-refractivity contribution in [3.63, 3.8) is 0 Å². The molecule has 24 heavy (non-hydrogen) atoms. The smallest absolute Gasteiger partial charge is 0.317 e. The van der Waals surface area contributed by atoms with Crippen LogP contribution >= 0.6 is 0 Å². The molecule has 0 aliphatic carbocycles. The van der Waals surface area contributed by atoms with Crippen LogP contribution in [0, 0.1) is 0 Å².